The number of nitrogens with one attached hydrogen (secondary N) is 2. The molecule has 0 saturated heterocycles. The van der Waals surface area contributed by atoms with Gasteiger partial charge in [0.05, 0.1) is 12.3 Å². The molecule has 7 nitrogen and oxygen atoms in total. The van der Waals surface area contributed by atoms with E-state index in [1.54, 1.807) is 6.20 Å². The molecule has 0 bridgehead atoms. The first kappa shape index (κ1) is 16.6. The van der Waals surface area contributed by atoms with Crippen LogP contribution in [0, 0.1) is 0 Å². The van der Waals surface area contributed by atoms with Crippen LogP contribution in [0.15, 0.2) is 12.4 Å². The molecule has 0 aliphatic carbocycles. The fourth-order valence-electron chi connectivity index (χ4n) is 1.88. The van der Waals surface area contributed by atoms with E-state index < -0.39 is 10.0 Å². The van der Waals surface area contributed by atoms with Gasteiger partial charge in [0.15, 0.2) is 0 Å². The van der Waals surface area contributed by atoms with Gasteiger partial charge in [-0.1, -0.05) is 13.3 Å². The maximum Gasteiger partial charge on any atom is 0.221 e. The minimum atomic E-state index is -3.25. The molecule has 8 heteroatoms. The molecule has 114 valence electrons. The van der Waals surface area contributed by atoms with Crippen LogP contribution < -0.4 is 10.0 Å². The van der Waals surface area contributed by atoms with Crippen LogP contribution in [0.3, 0.4) is 0 Å². The monoisotopic (exact) mass is 302 g/mol. The first-order chi connectivity index (χ1) is 9.33. The van der Waals surface area contributed by atoms with E-state index in [1.807, 2.05) is 24.7 Å². The number of hydrogen-bond acceptors (Lipinski definition) is 4. The lowest BCUT2D eigenvalue weighted by Crippen LogP contribution is -2.33. The third-order valence-electron chi connectivity index (χ3n) is 2.80. The van der Waals surface area contributed by atoms with Gasteiger partial charge in [-0.15, -0.1) is 0 Å². The lowest BCUT2D eigenvalue weighted by Gasteiger charge is -2.18. The van der Waals surface area contributed by atoms with Gasteiger partial charge in [0.1, 0.15) is 5.82 Å². The summed E-state index contributed by atoms with van der Waals surface area (Å²) in [6.07, 6.45) is 6.40. The number of hydrogen-bond donors (Lipinski definition) is 2. The summed E-state index contributed by atoms with van der Waals surface area (Å²) in [6, 6.07) is -0.147. The van der Waals surface area contributed by atoms with Gasteiger partial charge in [-0.3, -0.25) is 4.79 Å². The van der Waals surface area contributed by atoms with E-state index in [0.29, 0.717) is 0 Å². The van der Waals surface area contributed by atoms with Crippen molar-refractivity contribution in [1.82, 2.24) is 19.6 Å². The third-order valence-corrected chi connectivity index (χ3v) is 3.53. The van der Waals surface area contributed by atoms with Crippen molar-refractivity contribution in [1.29, 1.82) is 0 Å². The van der Waals surface area contributed by atoms with Crippen molar-refractivity contribution in [2.75, 3.05) is 12.8 Å². The highest BCUT2D eigenvalue weighted by Gasteiger charge is 2.17. The number of sulfonamides is 1. The molecule has 1 heterocycles. The van der Waals surface area contributed by atoms with Gasteiger partial charge in [0.25, 0.3) is 0 Å². The van der Waals surface area contributed by atoms with Crippen LogP contribution in [-0.4, -0.2) is 36.7 Å². The molecule has 1 rings (SSSR count). The van der Waals surface area contributed by atoms with E-state index in [9.17, 15) is 13.2 Å². The highest BCUT2D eigenvalue weighted by Crippen LogP contribution is 2.16. The molecule has 2 N–H and O–H groups in total. The van der Waals surface area contributed by atoms with Crippen LogP contribution in [0.5, 0.6) is 0 Å². The summed E-state index contributed by atoms with van der Waals surface area (Å²) in [5, 5.41) is 2.89. The summed E-state index contributed by atoms with van der Waals surface area (Å²) >= 11 is 0. The quantitative estimate of drug-likeness (QED) is 0.723. The van der Waals surface area contributed by atoms with Crippen molar-refractivity contribution in [2.24, 2.45) is 7.05 Å². The maximum absolute atomic E-state index is 11.8. The van der Waals surface area contributed by atoms with Gasteiger partial charge >= 0.3 is 0 Å². The van der Waals surface area contributed by atoms with Crippen LogP contribution in [0.4, 0.5) is 0 Å². The summed E-state index contributed by atoms with van der Waals surface area (Å²) < 4.78 is 26.0. The number of aromatic nitrogens is 2. The minimum absolute atomic E-state index is 0.101. The topological polar surface area (TPSA) is 93.1 Å². The predicted molar refractivity (Wildman–Crippen MR) is 76.5 cm³/mol. The molecular weight excluding hydrogens is 280 g/mol. The Morgan fingerprint density at radius 2 is 2.20 bits per heavy atom. The van der Waals surface area contributed by atoms with E-state index in [0.717, 1.165) is 24.9 Å². The van der Waals surface area contributed by atoms with Crippen LogP contribution in [0.25, 0.3) is 0 Å². The van der Waals surface area contributed by atoms with Crippen molar-refractivity contribution in [3.8, 4) is 0 Å². The molecule has 1 unspecified atom stereocenters. The lowest BCUT2D eigenvalue weighted by molar-refractivity contribution is -0.121. The van der Waals surface area contributed by atoms with Gasteiger partial charge in [-0.2, -0.15) is 0 Å². The number of nitrogens with zero attached hydrogens (tertiary/aromatic N) is 2. The Morgan fingerprint density at radius 1 is 1.50 bits per heavy atom. The molecule has 0 fully saturated rings. The molecule has 0 aliphatic rings. The van der Waals surface area contributed by atoms with Crippen LogP contribution in [0.2, 0.25) is 0 Å². The molecule has 0 spiro atoms. The van der Waals surface area contributed by atoms with E-state index in [1.165, 1.54) is 0 Å². The summed E-state index contributed by atoms with van der Waals surface area (Å²) in [4.78, 5) is 16.1. The molecule has 1 aromatic rings. The Bertz CT molecular complexity index is 539. The van der Waals surface area contributed by atoms with Gasteiger partial charge in [-0.25, -0.2) is 18.1 Å². The van der Waals surface area contributed by atoms with Gasteiger partial charge in [0, 0.05) is 32.4 Å². The number of rotatable bonds is 8. The average Bonchev–Trinajstić information content (AvgIpc) is 2.73. The largest absolute Gasteiger partial charge is 0.346 e. The lowest BCUT2D eigenvalue weighted by atomic mass is 10.1. The Balaban J connectivity index is 2.54. The summed E-state index contributed by atoms with van der Waals surface area (Å²) in [6.45, 7) is 2.14. The van der Waals surface area contributed by atoms with Crippen molar-refractivity contribution >= 4 is 15.9 Å². The first-order valence-electron chi connectivity index (χ1n) is 6.54. The van der Waals surface area contributed by atoms with E-state index in [2.05, 4.69) is 15.0 Å². The highest BCUT2D eigenvalue weighted by molar-refractivity contribution is 7.88. The molecule has 1 amide bonds. The molecule has 0 aromatic carbocycles. The SMILES string of the molecule is CCCC(NC(=O)CCNS(C)(=O)=O)c1nccn1C. The minimum Gasteiger partial charge on any atom is -0.346 e. The molecule has 20 heavy (non-hydrogen) atoms. The fourth-order valence-corrected chi connectivity index (χ4v) is 2.36. The zero-order valence-electron chi connectivity index (χ0n) is 12.1. The van der Waals surface area contributed by atoms with E-state index in [4.69, 9.17) is 0 Å². The molecule has 0 aliphatic heterocycles. The molecular formula is C12H22N4O3S. The highest BCUT2D eigenvalue weighted by atomic mass is 32.2. The van der Waals surface area contributed by atoms with Gasteiger partial charge in [-0.05, 0) is 6.42 Å². The Hall–Kier alpha value is -1.41. The van der Waals surface area contributed by atoms with Gasteiger partial charge in [0.2, 0.25) is 15.9 Å². The molecule has 0 radical (unpaired) electrons. The van der Waals surface area contributed by atoms with Crippen molar-refractivity contribution in [3.05, 3.63) is 18.2 Å². The van der Waals surface area contributed by atoms with Crippen molar-refractivity contribution in [2.45, 2.75) is 32.2 Å². The second-order valence-corrected chi connectivity index (χ2v) is 6.55. The van der Waals surface area contributed by atoms with Crippen LogP contribution in [-0.2, 0) is 21.9 Å². The number of carbonyl (C=O) groups excluding carboxylic acids is 1. The van der Waals surface area contributed by atoms with Crippen molar-refractivity contribution in [3.63, 3.8) is 0 Å². The standard InChI is InChI=1S/C12H22N4O3S/c1-4-5-10(12-13-8-9-16(12)2)15-11(17)6-7-14-20(3,18)19/h8-10,14H,4-7H2,1-3H3,(H,15,17). The number of amides is 1. The Kier molecular flexibility index (Phi) is 6.15. The fraction of sp³-hybridized carbons (Fsp3) is 0.667. The average molecular weight is 302 g/mol. The van der Waals surface area contributed by atoms with E-state index >= 15 is 0 Å². The second-order valence-electron chi connectivity index (χ2n) is 4.72. The van der Waals surface area contributed by atoms with Gasteiger partial charge < -0.3 is 9.88 Å². The molecule has 1 atom stereocenters. The molecule has 1 aromatic heterocycles. The number of aryl methyl sites for hydroxylation is 1. The smallest absolute Gasteiger partial charge is 0.221 e. The molecule has 0 saturated carbocycles. The predicted octanol–water partition coefficient (Wildman–Crippen LogP) is 0.317. The second kappa shape index (κ2) is 7.39. The Labute approximate surface area is 119 Å². The summed E-state index contributed by atoms with van der Waals surface area (Å²) in [5.74, 6) is 0.610. The zero-order chi connectivity index (χ0) is 15.2. The third kappa shape index (κ3) is 5.70. The normalized spacial score (nSPS) is 13.2. The van der Waals surface area contributed by atoms with E-state index in [-0.39, 0.29) is 24.9 Å². The van der Waals surface area contributed by atoms with Crippen molar-refractivity contribution < 1.29 is 13.2 Å². The Morgan fingerprint density at radius 3 is 2.70 bits per heavy atom. The van der Waals surface area contributed by atoms with Crippen LogP contribution in [0.1, 0.15) is 38.1 Å². The zero-order valence-corrected chi connectivity index (χ0v) is 12.9. The number of carbonyl (C=O) groups is 1. The summed E-state index contributed by atoms with van der Waals surface area (Å²) in [5.41, 5.74) is 0. The number of imidazole rings is 1. The summed E-state index contributed by atoms with van der Waals surface area (Å²) in [7, 11) is -1.38. The maximum atomic E-state index is 11.8. The first-order valence-corrected chi connectivity index (χ1v) is 8.44. The van der Waals surface area contributed by atoms with Crippen LogP contribution >= 0.6 is 0 Å².